The molecule has 1 aliphatic carbocycles. The van der Waals surface area contributed by atoms with E-state index in [9.17, 15) is 8.42 Å². The van der Waals surface area contributed by atoms with Crippen molar-refractivity contribution >= 4 is 10.0 Å². The number of fused-ring (bicyclic) bond motifs is 1. The molecule has 2 fully saturated rings. The topological polar surface area (TPSA) is 63.4 Å². The van der Waals surface area contributed by atoms with Crippen molar-refractivity contribution in [2.24, 2.45) is 17.6 Å². The molecule has 1 saturated carbocycles. The van der Waals surface area contributed by atoms with Gasteiger partial charge in [0.25, 0.3) is 0 Å². The molecule has 0 aromatic heterocycles. The van der Waals surface area contributed by atoms with Gasteiger partial charge in [0.2, 0.25) is 10.0 Å². The largest absolute Gasteiger partial charge is 0.327 e. The lowest BCUT2D eigenvalue weighted by Gasteiger charge is -2.18. The van der Waals surface area contributed by atoms with E-state index in [-0.39, 0.29) is 6.04 Å². The molecule has 2 N–H and O–H groups in total. The first-order valence-electron chi connectivity index (χ1n) is 5.41. The Hall–Kier alpha value is -0.910. The van der Waals surface area contributed by atoms with Gasteiger partial charge in [-0.05, 0) is 24.0 Å². The zero-order chi connectivity index (χ0) is 11.3. The predicted octanol–water partition coefficient (Wildman–Crippen LogP) is 0.264. The summed E-state index contributed by atoms with van der Waals surface area (Å²) in [5.41, 5.74) is 5.79. The molecule has 1 aliphatic heterocycles. The van der Waals surface area contributed by atoms with Gasteiger partial charge in [-0.2, -0.15) is 4.31 Å². The third-order valence-corrected chi connectivity index (χ3v) is 5.45. The molecule has 3 rings (SSSR count). The van der Waals surface area contributed by atoms with E-state index in [1.165, 1.54) is 0 Å². The Bertz CT molecular complexity index is 488. The Labute approximate surface area is 95.1 Å². The van der Waals surface area contributed by atoms with E-state index >= 15 is 0 Å². The maximum Gasteiger partial charge on any atom is 0.243 e. The molecule has 4 nitrogen and oxygen atoms in total. The minimum Gasteiger partial charge on any atom is -0.327 e. The summed E-state index contributed by atoms with van der Waals surface area (Å²) in [6.45, 7) is 1.17. The van der Waals surface area contributed by atoms with Crippen LogP contribution >= 0.6 is 0 Å². The molecule has 2 atom stereocenters. The maximum atomic E-state index is 12.2. The van der Waals surface area contributed by atoms with E-state index in [0.717, 1.165) is 0 Å². The van der Waals surface area contributed by atoms with Gasteiger partial charge in [0.15, 0.2) is 0 Å². The summed E-state index contributed by atoms with van der Waals surface area (Å²) in [6, 6.07) is 8.81. The van der Waals surface area contributed by atoms with Crippen molar-refractivity contribution in [3.05, 3.63) is 30.3 Å². The van der Waals surface area contributed by atoms with Gasteiger partial charge >= 0.3 is 0 Å². The van der Waals surface area contributed by atoms with Crippen molar-refractivity contribution in [2.45, 2.75) is 10.9 Å². The van der Waals surface area contributed by atoms with E-state index in [4.69, 9.17) is 5.73 Å². The number of hydrogen-bond acceptors (Lipinski definition) is 3. The molecule has 1 aromatic carbocycles. The quantitative estimate of drug-likeness (QED) is 0.804. The SMILES string of the molecule is NC1C2CN(S(=O)(=O)c3ccccc3)CC12. The molecule has 86 valence electrons. The van der Waals surface area contributed by atoms with Crippen LogP contribution < -0.4 is 5.73 Å². The van der Waals surface area contributed by atoms with Crippen molar-refractivity contribution in [3.8, 4) is 0 Å². The zero-order valence-electron chi connectivity index (χ0n) is 8.78. The van der Waals surface area contributed by atoms with Gasteiger partial charge in [0, 0.05) is 19.1 Å². The van der Waals surface area contributed by atoms with Crippen LogP contribution in [-0.2, 0) is 10.0 Å². The highest BCUT2D eigenvalue weighted by molar-refractivity contribution is 7.89. The zero-order valence-corrected chi connectivity index (χ0v) is 9.60. The van der Waals surface area contributed by atoms with E-state index < -0.39 is 10.0 Å². The van der Waals surface area contributed by atoms with Gasteiger partial charge in [-0.1, -0.05) is 18.2 Å². The molecule has 2 aliphatic rings. The van der Waals surface area contributed by atoms with Crippen LogP contribution in [0.15, 0.2) is 35.2 Å². The van der Waals surface area contributed by atoms with Gasteiger partial charge in [-0.3, -0.25) is 0 Å². The highest BCUT2D eigenvalue weighted by atomic mass is 32.2. The van der Waals surface area contributed by atoms with E-state index in [2.05, 4.69) is 0 Å². The summed E-state index contributed by atoms with van der Waals surface area (Å²) in [7, 11) is -3.29. The van der Waals surface area contributed by atoms with Gasteiger partial charge in [-0.25, -0.2) is 8.42 Å². The number of rotatable bonds is 2. The van der Waals surface area contributed by atoms with Crippen LogP contribution in [0.4, 0.5) is 0 Å². The fourth-order valence-corrected chi connectivity index (χ4v) is 4.01. The first-order chi connectivity index (χ1) is 7.60. The van der Waals surface area contributed by atoms with Gasteiger partial charge in [0.05, 0.1) is 4.90 Å². The summed E-state index contributed by atoms with van der Waals surface area (Å²) in [6.07, 6.45) is 0. The third-order valence-electron chi connectivity index (χ3n) is 3.61. The molecule has 1 heterocycles. The standard InChI is InChI=1S/C11H14N2O2S/c12-11-9-6-13(7-10(9)11)16(14,15)8-4-2-1-3-5-8/h1-5,9-11H,6-7,12H2. The number of hydrogen-bond donors (Lipinski definition) is 1. The third kappa shape index (κ3) is 1.39. The number of benzene rings is 1. The fourth-order valence-electron chi connectivity index (χ4n) is 2.47. The van der Waals surface area contributed by atoms with Crippen molar-refractivity contribution < 1.29 is 8.42 Å². The number of piperidine rings is 1. The molecular formula is C11H14N2O2S. The van der Waals surface area contributed by atoms with Crippen molar-refractivity contribution in [3.63, 3.8) is 0 Å². The molecule has 0 bridgehead atoms. The average Bonchev–Trinajstić information content (AvgIpc) is 2.75. The molecular weight excluding hydrogens is 224 g/mol. The van der Waals surface area contributed by atoms with E-state index in [1.54, 1.807) is 28.6 Å². The Morgan fingerprint density at radius 2 is 1.69 bits per heavy atom. The first kappa shape index (κ1) is 10.3. The summed E-state index contributed by atoms with van der Waals surface area (Å²) < 4.78 is 25.9. The summed E-state index contributed by atoms with van der Waals surface area (Å²) in [4.78, 5) is 0.380. The second-order valence-electron chi connectivity index (χ2n) is 4.54. The average molecular weight is 238 g/mol. The van der Waals surface area contributed by atoms with Crippen LogP contribution in [0.1, 0.15) is 0 Å². The lowest BCUT2D eigenvalue weighted by Crippen LogP contribution is -2.33. The summed E-state index contributed by atoms with van der Waals surface area (Å²) in [5, 5.41) is 0. The minimum atomic E-state index is -3.29. The maximum absolute atomic E-state index is 12.2. The molecule has 1 aromatic rings. The highest BCUT2D eigenvalue weighted by Gasteiger charge is 2.56. The van der Waals surface area contributed by atoms with E-state index in [0.29, 0.717) is 29.8 Å². The molecule has 16 heavy (non-hydrogen) atoms. The first-order valence-corrected chi connectivity index (χ1v) is 6.85. The predicted molar refractivity (Wildman–Crippen MR) is 60.2 cm³/mol. The monoisotopic (exact) mass is 238 g/mol. The Balaban J connectivity index is 1.85. The summed E-state index contributed by atoms with van der Waals surface area (Å²) in [5.74, 6) is 0.775. The van der Waals surface area contributed by atoms with Crippen LogP contribution in [0.3, 0.4) is 0 Å². The lowest BCUT2D eigenvalue weighted by molar-refractivity contribution is 0.432. The molecule has 1 saturated heterocycles. The number of nitrogens with zero attached hydrogens (tertiary/aromatic N) is 1. The molecule has 2 unspecified atom stereocenters. The second kappa shape index (κ2) is 3.29. The number of nitrogens with two attached hydrogens (primary N) is 1. The van der Waals surface area contributed by atoms with Crippen LogP contribution in [0.2, 0.25) is 0 Å². The van der Waals surface area contributed by atoms with Crippen LogP contribution in [0.25, 0.3) is 0 Å². The second-order valence-corrected chi connectivity index (χ2v) is 6.48. The van der Waals surface area contributed by atoms with Gasteiger partial charge < -0.3 is 5.73 Å². The highest BCUT2D eigenvalue weighted by Crippen LogP contribution is 2.45. The lowest BCUT2D eigenvalue weighted by atomic mass is 10.4. The Morgan fingerprint density at radius 1 is 1.12 bits per heavy atom. The number of sulfonamides is 1. The van der Waals surface area contributed by atoms with Crippen LogP contribution in [0, 0.1) is 11.8 Å². The normalized spacial score (nSPS) is 33.7. The summed E-state index contributed by atoms with van der Waals surface area (Å²) >= 11 is 0. The van der Waals surface area contributed by atoms with Gasteiger partial charge in [0.1, 0.15) is 0 Å². The minimum absolute atomic E-state index is 0.224. The molecule has 5 heteroatoms. The molecule has 0 amide bonds. The van der Waals surface area contributed by atoms with Crippen molar-refractivity contribution in [1.82, 2.24) is 4.31 Å². The Kier molecular flexibility index (Phi) is 2.11. The smallest absolute Gasteiger partial charge is 0.243 e. The molecule has 0 radical (unpaired) electrons. The Morgan fingerprint density at radius 3 is 2.25 bits per heavy atom. The van der Waals surface area contributed by atoms with Crippen LogP contribution in [0.5, 0.6) is 0 Å². The molecule has 0 spiro atoms. The van der Waals surface area contributed by atoms with Crippen molar-refractivity contribution in [2.75, 3.05) is 13.1 Å². The van der Waals surface area contributed by atoms with Crippen molar-refractivity contribution in [1.29, 1.82) is 0 Å². The fraction of sp³-hybridized carbons (Fsp3) is 0.455. The van der Waals surface area contributed by atoms with Gasteiger partial charge in [-0.15, -0.1) is 0 Å². The van der Waals surface area contributed by atoms with E-state index in [1.807, 2.05) is 6.07 Å². The van der Waals surface area contributed by atoms with Crippen LogP contribution in [-0.4, -0.2) is 31.9 Å².